The number of ether oxygens (including phenoxy) is 3. The minimum atomic E-state index is -0.212. The third-order valence-corrected chi connectivity index (χ3v) is 5.45. The number of carbonyl (C=O) groups is 1. The molecule has 1 aliphatic heterocycles. The van der Waals surface area contributed by atoms with E-state index < -0.39 is 0 Å². The van der Waals surface area contributed by atoms with Crippen LogP contribution in [-0.2, 0) is 6.54 Å². The highest BCUT2D eigenvalue weighted by atomic mass is 16.5. The van der Waals surface area contributed by atoms with Crippen LogP contribution in [0.1, 0.15) is 24.2 Å². The average Bonchev–Trinajstić information content (AvgIpc) is 3.28. The van der Waals surface area contributed by atoms with Gasteiger partial charge in [0, 0.05) is 25.0 Å². The van der Waals surface area contributed by atoms with E-state index in [0.717, 1.165) is 23.6 Å². The fourth-order valence-electron chi connectivity index (χ4n) is 4.04. The molecule has 1 N–H and O–H groups in total. The number of amides is 2. The van der Waals surface area contributed by atoms with Gasteiger partial charge < -0.3 is 29.0 Å². The summed E-state index contributed by atoms with van der Waals surface area (Å²) in [6.07, 6.45) is 2.05. The molecular weight excluding hydrogens is 394 g/mol. The summed E-state index contributed by atoms with van der Waals surface area (Å²) in [5.74, 6) is 1.88. The number of carbonyl (C=O) groups excluding carboxylic acids is 1. The fraction of sp³-hybridized carbons (Fsp3) is 0.292. The Morgan fingerprint density at radius 1 is 1.03 bits per heavy atom. The molecule has 3 aromatic rings. The molecule has 162 valence electrons. The molecule has 0 unspecified atom stereocenters. The van der Waals surface area contributed by atoms with Crippen LogP contribution in [0.3, 0.4) is 0 Å². The maximum atomic E-state index is 13.4. The summed E-state index contributed by atoms with van der Waals surface area (Å²) >= 11 is 0. The molecule has 2 heterocycles. The zero-order valence-corrected chi connectivity index (χ0v) is 18.0. The maximum absolute atomic E-state index is 13.4. The summed E-state index contributed by atoms with van der Waals surface area (Å²) < 4.78 is 18.6. The van der Waals surface area contributed by atoms with Gasteiger partial charge in [-0.05, 0) is 48.9 Å². The number of methoxy groups -OCH3 is 2. The maximum Gasteiger partial charge on any atom is 0.322 e. The first-order chi connectivity index (χ1) is 15.2. The van der Waals surface area contributed by atoms with E-state index >= 15 is 0 Å². The van der Waals surface area contributed by atoms with Crippen LogP contribution >= 0.6 is 0 Å². The van der Waals surface area contributed by atoms with Gasteiger partial charge in [-0.3, -0.25) is 0 Å². The molecule has 31 heavy (non-hydrogen) atoms. The molecule has 0 saturated carbocycles. The van der Waals surface area contributed by atoms with E-state index in [2.05, 4.69) is 22.1 Å². The molecule has 0 radical (unpaired) electrons. The smallest absolute Gasteiger partial charge is 0.322 e. The van der Waals surface area contributed by atoms with Crippen LogP contribution in [0, 0.1) is 0 Å². The first-order valence-corrected chi connectivity index (χ1v) is 10.3. The van der Waals surface area contributed by atoms with E-state index in [0.29, 0.717) is 30.3 Å². The summed E-state index contributed by atoms with van der Waals surface area (Å²) in [5.41, 5.74) is 2.66. The van der Waals surface area contributed by atoms with Gasteiger partial charge in [-0.1, -0.05) is 18.2 Å². The Hall–Kier alpha value is -3.61. The third kappa shape index (κ3) is 4.03. The van der Waals surface area contributed by atoms with E-state index in [4.69, 9.17) is 14.2 Å². The van der Waals surface area contributed by atoms with Crippen molar-refractivity contribution in [2.24, 2.45) is 0 Å². The molecule has 0 spiro atoms. The first-order valence-electron chi connectivity index (χ1n) is 10.3. The van der Waals surface area contributed by atoms with Crippen LogP contribution < -0.4 is 19.5 Å². The molecule has 2 aromatic carbocycles. The third-order valence-electron chi connectivity index (χ3n) is 5.45. The van der Waals surface area contributed by atoms with Gasteiger partial charge in [-0.2, -0.15) is 0 Å². The summed E-state index contributed by atoms with van der Waals surface area (Å²) in [6.45, 7) is 3.89. The number of aromatic nitrogens is 1. The Balaban J connectivity index is 1.65. The highest BCUT2D eigenvalue weighted by Crippen LogP contribution is 2.37. The van der Waals surface area contributed by atoms with Gasteiger partial charge in [-0.15, -0.1) is 0 Å². The Bertz CT molecular complexity index is 1050. The zero-order chi connectivity index (χ0) is 21.8. The Labute approximate surface area is 182 Å². The van der Waals surface area contributed by atoms with Crippen molar-refractivity contribution in [1.29, 1.82) is 0 Å². The van der Waals surface area contributed by atoms with E-state index in [-0.39, 0.29) is 12.1 Å². The highest BCUT2D eigenvalue weighted by Gasteiger charge is 2.32. The monoisotopic (exact) mass is 421 g/mol. The van der Waals surface area contributed by atoms with E-state index in [1.54, 1.807) is 26.4 Å². The molecule has 0 bridgehead atoms. The molecule has 0 fully saturated rings. The number of nitrogens with one attached hydrogen (secondary N) is 1. The normalized spacial score (nSPS) is 15.2. The van der Waals surface area contributed by atoms with Gasteiger partial charge in [0.15, 0.2) is 11.5 Å². The predicted octanol–water partition coefficient (Wildman–Crippen LogP) is 4.54. The van der Waals surface area contributed by atoms with Crippen LogP contribution in [-0.4, -0.2) is 42.9 Å². The lowest BCUT2D eigenvalue weighted by Crippen LogP contribution is -2.44. The van der Waals surface area contributed by atoms with Crippen molar-refractivity contribution >= 4 is 11.7 Å². The zero-order valence-electron chi connectivity index (χ0n) is 18.0. The highest BCUT2D eigenvalue weighted by molar-refractivity contribution is 5.92. The summed E-state index contributed by atoms with van der Waals surface area (Å²) in [4.78, 5) is 15.3. The van der Waals surface area contributed by atoms with Crippen molar-refractivity contribution in [1.82, 2.24) is 9.47 Å². The van der Waals surface area contributed by atoms with Crippen LogP contribution in [0.2, 0.25) is 0 Å². The van der Waals surface area contributed by atoms with Crippen LogP contribution in [0.15, 0.2) is 60.8 Å². The number of hydrogen-bond acceptors (Lipinski definition) is 4. The number of benzene rings is 2. The van der Waals surface area contributed by atoms with Crippen molar-refractivity contribution in [2.45, 2.75) is 19.5 Å². The molecular formula is C24H27N3O4. The number of rotatable bonds is 6. The average molecular weight is 421 g/mol. The van der Waals surface area contributed by atoms with Crippen LogP contribution in [0.5, 0.6) is 17.2 Å². The molecule has 1 aromatic heterocycles. The quantitative estimate of drug-likeness (QED) is 0.635. The van der Waals surface area contributed by atoms with Crippen molar-refractivity contribution in [3.05, 3.63) is 72.1 Å². The SMILES string of the molecule is CCOc1ccc([C@@H]2c3cccn3CCN2C(=O)Nc2cccc(OC)c2OC)cc1. The van der Waals surface area contributed by atoms with Gasteiger partial charge >= 0.3 is 6.03 Å². The molecule has 1 atom stereocenters. The lowest BCUT2D eigenvalue weighted by atomic mass is 10.00. The molecule has 7 nitrogen and oxygen atoms in total. The second-order valence-corrected chi connectivity index (χ2v) is 7.20. The molecule has 2 amide bonds. The Morgan fingerprint density at radius 2 is 1.84 bits per heavy atom. The second kappa shape index (κ2) is 9.04. The number of urea groups is 1. The molecule has 0 saturated heterocycles. The van der Waals surface area contributed by atoms with Crippen molar-refractivity contribution in [2.75, 3.05) is 32.7 Å². The van der Waals surface area contributed by atoms with Gasteiger partial charge in [0.2, 0.25) is 0 Å². The summed E-state index contributed by atoms with van der Waals surface area (Å²) in [6, 6.07) is 17.0. The van der Waals surface area contributed by atoms with Gasteiger partial charge in [0.05, 0.1) is 32.6 Å². The fourth-order valence-corrected chi connectivity index (χ4v) is 4.04. The van der Waals surface area contributed by atoms with Crippen LogP contribution in [0.25, 0.3) is 0 Å². The molecule has 7 heteroatoms. The van der Waals surface area contributed by atoms with Gasteiger partial charge in [-0.25, -0.2) is 4.79 Å². The molecule has 1 aliphatic rings. The number of para-hydroxylation sites is 1. The van der Waals surface area contributed by atoms with E-state index in [9.17, 15) is 4.79 Å². The second-order valence-electron chi connectivity index (χ2n) is 7.20. The first kappa shape index (κ1) is 20.7. The van der Waals surface area contributed by atoms with Crippen molar-refractivity contribution in [3.8, 4) is 17.2 Å². The number of anilines is 1. The lowest BCUT2D eigenvalue weighted by molar-refractivity contribution is 0.181. The van der Waals surface area contributed by atoms with Crippen molar-refractivity contribution in [3.63, 3.8) is 0 Å². The lowest BCUT2D eigenvalue weighted by Gasteiger charge is -2.37. The van der Waals surface area contributed by atoms with Crippen LogP contribution in [0.4, 0.5) is 10.5 Å². The minimum Gasteiger partial charge on any atom is -0.494 e. The Kier molecular flexibility index (Phi) is 6.02. The van der Waals surface area contributed by atoms with Gasteiger partial charge in [0.1, 0.15) is 5.75 Å². The standard InChI is InChI=1S/C24H27N3O4/c1-4-31-18-12-10-17(11-13-18)22-20-8-6-14-26(20)15-16-27(22)24(28)25-19-7-5-9-21(29-2)23(19)30-3/h5-14,22H,4,15-16H2,1-3H3,(H,25,28)/t22-/m1/s1. The van der Waals surface area contributed by atoms with Gasteiger partial charge in [0.25, 0.3) is 0 Å². The number of nitrogens with zero attached hydrogens (tertiary/aromatic N) is 2. The topological polar surface area (TPSA) is 65.0 Å². The molecule has 4 rings (SSSR count). The van der Waals surface area contributed by atoms with Crippen molar-refractivity contribution < 1.29 is 19.0 Å². The summed E-state index contributed by atoms with van der Waals surface area (Å²) in [5, 5.41) is 3.01. The predicted molar refractivity (Wildman–Crippen MR) is 119 cm³/mol. The summed E-state index contributed by atoms with van der Waals surface area (Å²) in [7, 11) is 3.13. The minimum absolute atomic E-state index is 0.196. The Morgan fingerprint density at radius 3 is 2.55 bits per heavy atom. The largest absolute Gasteiger partial charge is 0.494 e. The number of hydrogen-bond donors (Lipinski definition) is 1. The molecule has 0 aliphatic carbocycles. The van der Waals surface area contributed by atoms with E-state index in [1.165, 1.54) is 0 Å². The number of fused-ring (bicyclic) bond motifs is 1. The van der Waals surface area contributed by atoms with E-state index in [1.807, 2.05) is 48.2 Å².